The van der Waals surface area contributed by atoms with Crippen LogP contribution in [0, 0.1) is 16.7 Å². The largest absolute Gasteiger partial charge is 0.212 e. The van der Waals surface area contributed by atoms with E-state index >= 15 is 0 Å². The smallest absolute Gasteiger partial charge is 0.0939 e. The monoisotopic (exact) mass is 264 g/mol. The summed E-state index contributed by atoms with van der Waals surface area (Å²) in [6.07, 6.45) is 1.94. The first-order valence-corrected chi connectivity index (χ1v) is 6.97. The van der Waals surface area contributed by atoms with Crippen LogP contribution < -0.4 is 0 Å². The topological polar surface area (TPSA) is 34.1 Å². The van der Waals surface area contributed by atoms with Gasteiger partial charge in [0, 0.05) is 17.2 Å². The molecule has 0 amide bonds. The Balaban J connectivity index is 2.72. The maximum absolute atomic E-state index is 11.2. The van der Waals surface area contributed by atoms with Crippen LogP contribution in [0.3, 0.4) is 0 Å². The molecule has 0 radical (unpaired) electrons. The first kappa shape index (κ1) is 11.6. The normalized spacial score (nSPS) is 37.1. The molecule has 0 aromatic rings. The molecular formula is C10H13ClO2S2. The molecule has 15 heavy (non-hydrogen) atoms. The summed E-state index contributed by atoms with van der Waals surface area (Å²) in [7, 11) is 0. The molecule has 5 heteroatoms. The van der Waals surface area contributed by atoms with E-state index < -0.39 is 0 Å². The lowest BCUT2D eigenvalue weighted by molar-refractivity contribution is 0.214. The number of hydrogen-bond donors (Lipinski definition) is 0. The van der Waals surface area contributed by atoms with Crippen molar-refractivity contribution in [2.24, 2.45) is 16.7 Å². The highest BCUT2D eigenvalue weighted by molar-refractivity contribution is 7.76. The van der Waals surface area contributed by atoms with Gasteiger partial charge in [-0.25, -0.2) is 8.42 Å². The van der Waals surface area contributed by atoms with E-state index in [-0.39, 0.29) is 16.7 Å². The van der Waals surface area contributed by atoms with Crippen molar-refractivity contribution in [3.05, 3.63) is 0 Å². The Bertz CT molecular complexity index is 419. The van der Waals surface area contributed by atoms with E-state index in [1.54, 1.807) is 0 Å². The summed E-state index contributed by atoms with van der Waals surface area (Å²) < 4.78 is 22.3. The van der Waals surface area contributed by atoms with Crippen molar-refractivity contribution in [3.63, 3.8) is 0 Å². The van der Waals surface area contributed by atoms with Crippen molar-refractivity contribution in [1.29, 1.82) is 0 Å². The minimum absolute atomic E-state index is 0.0335. The van der Waals surface area contributed by atoms with Gasteiger partial charge in [-0.2, -0.15) is 0 Å². The summed E-state index contributed by atoms with van der Waals surface area (Å²) in [5.74, 6) is 0.695. The molecule has 2 bridgehead atoms. The Kier molecular flexibility index (Phi) is 2.72. The van der Waals surface area contributed by atoms with Crippen molar-refractivity contribution < 1.29 is 8.42 Å². The molecule has 0 saturated heterocycles. The number of hydrogen-bond acceptors (Lipinski definition) is 2. The standard InChI is InChI=1S/C10H13ClO2S2/c1-9(2)6-3-4-10(9,5-11)8(15-13)7(6)14-12/h6H,3-5H2,1-2H3/t6-,10+/m1/s1. The molecule has 2 atom stereocenters. The highest BCUT2D eigenvalue weighted by Gasteiger charge is 2.65. The zero-order valence-electron chi connectivity index (χ0n) is 8.71. The highest BCUT2D eigenvalue weighted by atomic mass is 35.5. The molecule has 0 unspecified atom stereocenters. The van der Waals surface area contributed by atoms with Gasteiger partial charge in [0.2, 0.25) is 0 Å². The Morgan fingerprint density at radius 2 is 2.07 bits per heavy atom. The van der Waals surface area contributed by atoms with Crippen molar-refractivity contribution >= 4 is 43.8 Å². The molecule has 2 aliphatic carbocycles. The summed E-state index contributed by atoms with van der Waals surface area (Å²) in [6, 6.07) is 0. The van der Waals surface area contributed by atoms with Crippen molar-refractivity contribution in [2.75, 3.05) is 5.88 Å². The number of alkyl halides is 1. The molecule has 2 nitrogen and oxygen atoms in total. The van der Waals surface area contributed by atoms with E-state index in [0.29, 0.717) is 28.4 Å². The molecule has 0 N–H and O–H groups in total. The lowest BCUT2D eigenvalue weighted by Crippen LogP contribution is -2.38. The third-order valence-electron chi connectivity index (χ3n) is 4.34. The molecule has 2 fully saturated rings. The number of halogens is 1. The van der Waals surface area contributed by atoms with Gasteiger partial charge in [0.15, 0.2) is 0 Å². The minimum Gasteiger partial charge on any atom is -0.212 e. The summed E-state index contributed by atoms with van der Waals surface area (Å²) in [6.45, 7) is 4.26. The van der Waals surface area contributed by atoms with E-state index in [1.807, 2.05) is 0 Å². The SMILES string of the molecule is CC1(C)[C@@H]2CC[C@]1(CCl)C(=S=O)C2=S=O. The average molecular weight is 265 g/mol. The zero-order valence-corrected chi connectivity index (χ0v) is 11.1. The fraction of sp³-hybridized carbons (Fsp3) is 0.800. The molecule has 2 rings (SSSR count). The predicted octanol–water partition coefficient (Wildman–Crippen LogP) is 1.43. The quantitative estimate of drug-likeness (QED) is 0.530. The van der Waals surface area contributed by atoms with Gasteiger partial charge in [0.1, 0.15) is 0 Å². The molecule has 0 aliphatic heterocycles. The van der Waals surface area contributed by atoms with Gasteiger partial charge in [0.25, 0.3) is 0 Å². The van der Waals surface area contributed by atoms with Gasteiger partial charge >= 0.3 is 0 Å². The molecule has 2 aliphatic rings. The number of rotatable bonds is 1. The minimum atomic E-state index is -0.238. The molecule has 0 aromatic carbocycles. The summed E-state index contributed by atoms with van der Waals surface area (Å²) >= 11 is 7.05. The number of fused-ring (bicyclic) bond motifs is 2. The maximum Gasteiger partial charge on any atom is 0.0939 e. The zero-order chi connectivity index (χ0) is 11.3. The third kappa shape index (κ3) is 1.16. The second-order valence-electron chi connectivity index (χ2n) is 4.89. The second kappa shape index (κ2) is 3.54. The van der Waals surface area contributed by atoms with Crippen LogP contribution >= 0.6 is 11.6 Å². The van der Waals surface area contributed by atoms with Gasteiger partial charge < -0.3 is 0 Å². The predicted molar refractivity (Wildman–Crippen MR) is 66.0 cm³/mol. The Labute approximate surface area is 102 Å². The molecule has 2 saturated carbocycles. The van der Waals surface area contributed by atoms with Crippen LogP contribution in [-0.2, 0) is 22.5 Å². The van der Waals surface area contributed by atoms with Gasteiger partial charge in [-0.05, 0) is 18.3 Å². The van der Waals surface area contributed by atoms with Crippen molar-refractivity contribution in [1.82, 2.24) is 0 Å². The molecule has 0 spiro atoms. The van der Waals surface area contributed by atoms with E-state index in [1.165, 1.54) is 0 Å². The van der Waals surface area contributed by atoms with Gasteiger partial charge in [-0.15, -0.1) is 11.6 Å². The summed E-state index contributed by atoms with van der Waals surface area (Å²) in [4.78, 5) is 1.48. The van der Waals surface area contributed by atoms with E-state index in [2.05, 4.69) is 13.8 Å². The van der Waals surface area contributed by atoms with Crippen LogP contribution in [0.15, 0.2) is 0 Å². The average Bonchev–Trinajstić information content (AvgIpc) is 2.60. The van der Waals surface area contributed by atoms with E-state index in [0.717, 1.165) is 22.6 Å². The lowest BCUT2D eigenvalue weighted by Gasteiger charge is -2.35. The van der Waals surface area contributed by atoms with Crippen LogP contribution in [0.1, 0.15) is 26.7 Å². The Morgan fingerprint density at radius 3 is 2.53 bits per heavy atom. The molecule has 84 valence electrons. The lowest BCUT2D eigenvalue weighted by atomic mass is 9.71. The van der Waals surface area contributed by atoms with Gasteiger partial charge in [0.05, 0.1) is 32.2 Å². The van der Waals surface area contributed by atoms with Gasteiger partial charge in [-0.1, -0.05) is 13.8 Å². The second-order valence-corrected chi connectivity index (χ2v) is 6.34. The maximum atomic E-state index is 11.2. The van der Waals surface area contributed by atoms with Crippen LogP contribution in [0.5, 0.6) is 0 Å². The first-order chi connectivity index (χ1) is 7.05. The Morgan fingerprint density at radius 1 is 1.40 bits per heavy atom. The van der Waals surface area contributed by atoms with Crippen LogP contribution in [0.4, 0.5) is 0 Å². The van der Waals surface area contributed by atoms with Crippen molar-refractivity contribution in [3.8, 4) is 0 Å². The van der Waals surface area contributed by atoms with Crippen LogP contribution in [-0.4, -0.2) is 24.0 Å². The van der Waals surface area contributed by atoms with Gasteiger partial charge in [-0.3, -0.25) is 0 Å². The van der Waals surface area contributed by atoms with E-state index in [4.69, 9.17) is 11.6 Å². The van der Waals surface area contributed by atoms with Crippen molar-refractivity contribution in [2.45, 2.75) is 26.7 Å². The summed E-state index contributed by atoms with van der Waals surface area (Å²) in [5.41, 5.74) is -0.271. The molecule has 0 aromatic heterocycles. The fourth-order valence-electron chi connectivity index (χ4n) is 3.18. The highest BCUT2D eigenvalue weighted by Crippen LogP contribution is 2.62. The fourth-order valence-corrected chi connectivity index (χ4v) is 5.70. The molecule has 0 heterocycles. The van der Waals surface area contributed by atoms with Crippen LogP contribution in [0.25, 0.3) is 0 Å². The van der Waals surface area contributed by atoms with Crippen LogP contribution in [0.2, 0.25) is 0 Å². The van der Waals surface area contributed by atoms with E-state index in [9.17, 15) is 8.42 Å². The molecular weight excluding hydrogens is 252 g/mol. The first-order valence-electron chi connectivity index (χ1n) is 4.95. The Hall–Kier alpha value is 0.0700. The summed E-state index contributed by atoms with van der Waals surface area (Å²) in [5, 5.41) is 0. The third-order valence-corrected chi connectivity index (χ3v) is 6.37.